The van der Waals surface area contributed by atoms with E-state index < -0.39 is 0 Å². The first kappa shape index (κ1) is 18.0. The Morgan fingerprint density at radius 1 is 1.08 bits per heavy atom. The van der Waals surface area contributed by atoms with Crippen molar-refractivity contribution in [2.75, 3.05) is 18.4 Å². The van der Waals surface area contributed by atoms with Crippen LogP contribution in [0.3, 0.4) is 0 Å². The molecule has 1 aliphatic rings. The minimum atomic E-state index is 0.0767. The van der Waals surface area contributed by atoms with Crippen molar-refractivity contribution in [1.82, 2.24) is 4.90 Å². The van der Waals surface area contributed by atoms with Crippen LogP contribution in [0.2, 0.25) is 5.02 Å². The van der Waals surface area contributed by atoms with E-state index in [4.69, 9.17) is 11.6 Å². The average Bonchev–Trinajstić information content (AvgIpc) is 2.63. The van der Waals surface area contributed by atoms with Gasteiger partial charge in [0.05, 0.1) is 0 Å². The SMILES string of the molecule is O=C(C=Cc1ccc(Br)cc1)N1CCC(Nc2ccc(Cl)cc2)CC1. The molecule has 1 aliphatic heterocycles. The number of piperidine rings is 1. The summed E-state index contributed by atoms with van der Waals surface area (Å²) in [5, 5.41) is 4.25. The minimum absolute atomic E-state index is 0.0767. The number of anilines is 1. The second-order valence-corrected chi connectivity index (χ2v) is 7.49. The number of likely N-dealkylation sites (tertiary alicyclic amines) is 1. The molecule has 1 amide bonds. The molecule has 130 valence electrons. The normalized spacial score (nSPS) is 15.5. The van der Waals surface area contributed by atoms with Crippen molar-refractivity contribution < 1.29 is 4.79 Å². The van der Waals surface area contributed by atoms with Gasteiger partial charge in [0.25, 0.3) is 0 Å². The second kappa shape index (κ2) is 8.54. The van der Waals surface area contributed by atoms with Crippen LogP contribution in [0, 0.1) is 0 Å². The minimum Gasteiger partial charge on any atom is -0.382 e. The van der Waals surface area contributed by atoms with Gasteiger partial charge in [0, 0.05) is 40.4 Å². The summed E-state index contributed by atoms with van der Waals surface area (Å²) in [6, 6.07) is 16.0. The zero-order valence-corrected chi connectivity index (χ0v) is 16.1. The lowest BCUT2D eigenvalue weighted by atomic mass is 10.0. The van der Waals surface area contributed by atoms with Gasteiger partial charge in [-0.2, -0.15) is 0 Å². The van der Waals surface area contributed by atoms with Crippen LogP contribution in [-0.2, 0) is 4.79 Å². The van der Waals surface area contributed by atoms with Crippen LogP contribution in [0.1, 0.15) is 18.4 Å². The van der Waals surface area contributed by atoms with Gasteiger partial charge in [-0.15, -0.1) is 0 Å². The van der Waals surface area contributed by atoms with E-state index in [0.717, 1.165) is 46.7 Å². The highest BCUT2D eigenvalue weighted by molar-refractivity contribution is 9.10. The summed E-state index contributed by atoms with van der Waals surface area (Å²) in [6.07, 6.45) is 5.42. The number of rotatable bonds is 4. The fourth-order valence-electron chi connectivity index (χ4n) is 2.87. The van der Waals surface area contributed by atoms with Crippen LogP contribution in [0.15, 0.2) is 59.1 Å². The number of benzene rings is 2. The maximum atomic E-state index is 12.3. The monoisotopic (exact) mass is 418 g/mol. The van der Waals surface area contributed by atoms with E-state index >= 15 is 0 Å². The summed E-state index contributed by atoms with van der Waals surface area (Å²) < 4.78 is 1.03. The van der Waals surface area contributed by atoms with E-state index in [2.05, 4.69) is 21.2 Å². The number of nitrogens with one attached hydrogen (secondary N) is 1. The van der Waals surface area contributed by atoms with Gasteiger partial charge < -0.3 is 10.2 Å². The highest BCUT2D eigenvalue weighted by Crippen LogP contribution is 2.19. The summed E-state index contributed by atoms with van der Waals surface area (Å²) in [7, 11) is 0. The Morgan fingerprint density at radius 2 is 1.72 bits per heavy atom. The van der Waals surface area contributed by atoms with Crippen molar-refractivity contribution in [3.63, 3.8) is 0 Å². The summed E-state index contributed by atoms with van der Waals surface area (Å²) in [5.74, 6) is 0.0767. The fourth-order valence-corrected chi connectivity index (χ4v) is 3.26. The highest BCUT2D eigenvalue weighted by Gasteiger charge is 2.21. The lowest BCUT2D eigenvalue weighted by Gasteiger charge is -2.32. The number of halogens is 2. The van der Waals surface area contributed by atoms with E-state index in [1.165, 1.54) is 0 Å². The molecule has 2 aromatic carbocycles. The first-order chi connectivity index (χ1) is 12.1. The van der Waals surface area contributed by atoms with Gasteiger partial charge in [-0.3, -0.25) is 4.79 Å². The van der Waals surface area contributed by atoms with Gasteiger partial charge >= 0.3 is 0 Å². The Morgan fingerprint density at radius 3 is 2.36 bits per heavy atom. The van der Waals surface area contributed by atoms with Gasteiger partial charge in [-0.1, -0.05) is 39.7 Å². The lowest BCUT2D eigenvalue weighted by molar-refractivity contribution is -0.126. The Kier molecular flexibility index (Phi) is 6.16. The molecule has 3 rings (SSSR count). The molecule has 1 fully saturated rings. The molecule has 5 heteroatoms. The molecular weight excluding hydrogens is 400 g/mol. The third-order valence-electron chi connectivity index (χ3n) is 4.31. The fraction of sp³-hybridized carbons (Fsp3) is 0.250. The predicted octanol–water partition coefficient (Wildman–Crippen LogP) is 5.22. The lowest BCUT2D eigenvalue weighted by Crippen LogP contribution is -2.41. The number of carbonyl (C=O) groups excluding carboxylic acids is 1. The first-order valence-corrected chi connectivity index (χ1v) is 9.52. The quantitative estimate of drug-likeness (QED) is 0.689. The molecule has 0 saturated carbocycles. The standard InChI is InChI=1S/C20H20BrClN2O/c21-16-4-1-15(2-5-16)3-10-20(25)24-13-11-19(12-14-24)23-18-8-6-17(22)7-9-18/h1-10,19,23H,11-14H2. The number of carbonyl (C=O) groups is 1. The van der Waals surface area contributed by atoms with Gasteiger partial charge in [-0.05, 0) is 60.9 Å². The summed E-state index contributed by atoms with van der Waals surface area (Å²) in [4.78, 5) is 14.2. The van der Waals surface area contributed by atoms with Crippen LogP contribution >= 0.6 is 27.5 Å². The maximum absolute atomic E-state index is 12.3. The van der Waals surface area contributed by atoms with E-state index in [0.29, 0.717) is 6.04 Å². The third kappa shape index (κ3) is 5.35. The van der Waals surface area contributed by atoms with Crippen LogP contribution in [0.25, 0.3) is 6.08 Å². The maximum Gasteiger partial charge on any atom is 0.246 e. The van der Waals surface area contributed by atoms with Crippen LogP contribution in [-0.4, -0.2) is 29.9 Å². The molecule has 0 aromatic heterocycles. The molecule has 1 heterocycles. The largest absolute Gasteiger partial charge is 0.382 e. The van der Waals surface area contributed by atoms with Gasteiger partial charge in [0.2, 0.25) is 5.91 Å². The molecule has 1 saturated heterocycles. The molecule has 0 radical (unpaired) electrons. The van der Waals surface area contributed by atoms with Crippen molar-refractivity contribution in [3.8, 4) is 0 Å². The number of amides is 1. The van der Waals surface area contributed by atoms with Crippen LogP contribution in [0.4, 0.5) is 5.69 Å². The molecule has 0 unspecified atom stereocenters. The summed E-state index contributed by atoms with van der Waals surface area (Å²) in [5.41, 5.74) is 2.10. The number of hydrogen-bond donors (Lipinski definition) is 1. The average molecular weight is 420 g/mol. The number of nitrogens with zero attached hydrogens (tertiary/aromatic N) is 1. The zero-order valence-electron chi connectivity index (χ0n) is 13.8. The molecule has 2 aromatic rings. The van der Waals surface area contributed by atoms with E-state index in [-0.39, 0.29) is 5.91 Å². The Hall–Kier alpha value is -1.78. The van der Waals surface area contributed by atoms with Crippen molar-refractivity contribution >= 4 is 45.2 Å². The van der Waals surface area contributed by atoms with E-state index in [9.17, 15) is 4.79 Å². The number of hydrogen-bond acceptors (Lipinski definition) is 2. The molecule has 0 atom stereocenters. The molecular formula is C20H20BrClN2O. The Bertz CT molecular complexity index is 735. The Labute approximate surface area is 161 Å². The smallest absolute Gasteiger partial charge is 0.246 e. The molecule has 0 bridgehead atoms. The molecule has 25 heavy (non-hydrogen) atoms. The van der Waals surface area contributed by atoms with Crippen molar-refractivity contribution in [3.05, 3.63) is 69.7 Å². The van der Waals surface area contributed by atoms with E-state index in [1.807, 2.05) is 59.5 Å². The zero-order chi connectivity index (χ0) is 17.6. The topological polar surface area (TPSA) is 32.3 Å². The highest BCUT2D eigenvalue weighted by atomic mass is 79.9. The Balaban J connectivity index is 1.48. The van der Waals surface area contributed by atoms with Crippen LogP contribution < -0.4 is 5.32 Å². The summed E-state index contributed by atoms with van der Waals surface area (Å²) >= 11 is 9.32. The molecule has 1 N–H and O–H groups in total. The summed E-state index contributed by atoms with van der Waals surface area (Å²) in [6.45, 7) is 1.55. The van der Waals surface area contributed by atoms with Crippen molar-refractivity contribution in [1.29, 1.82) is 0 Å². The molecule has 0 aliphatic carbocycles. The molecule has 3 nitrogen and oxygen atoms in total. The van der Waals surface area contributed by atoms with Gasteiger partial charge in [0.1, 0.15) is 0 Å². The van der Waals surface area contributed by atoms with Crippen LogP contribution in [0.5, 0.6) is 0 Å². The van der Waals surface area contributed by atoms with Gasteiger partial charge in [-0.25, -0.2) is 0 Å². The predicted molar refractivity (Wildman–Crippen MR) is 108 cm³/mol. The van der Waals surface area contributed by atoms with Gasteiger partial charge in [0.15, 0.2) is 0 Å². The third-order valence-corrected chi connectivity index (χ3v) is 5.09. The van der Waals surface area contributed by atoms with Crippen molar-refractivity contribution in [2.24, 2.45) is 0 Å². The van der Waals surface area contributed by atoms with E-state index in [1.54, 1.807) is 6.08 Å². The molecule has 0 spiro atoms. The first-order valence-electron chi connectivity index (χ1n) is 8.35. The second-order valence-electron chi connectivity index (χ2n) is 6.14. The van der Waals surface area contributed by atoms with Crippen molar-refractivity contribution in [2.45, 2.75) is 18.9 Å².